The molecule has 0 aliphatic heterocycles. The summed E-state index contributed by atoms with van der Waals surface area (Å²) in [5, 5.41) is 18.3. The summed E-state index contributed by atoms with van der Waals surface area (Å²) in [7, 11) is 1.72. The zero-order chi connectivity index (χ0) is 12.4. The molecule has 17 heavy (non-hydrogen) atoms. The predicted octanol–water partition coefficient (Wildman–Crippen LogP) is 2.02. The van der Waals surface area contributed by atoms with Gasteiger partial charge in [-0.2, -0.15) is 0 Å². The van der Waals surface area contributed by atoms with E-state index in [0.29, 0.717) is 6.42 Å². The number of rotatable bonds is 3. The number of benzene rings is 1. The molecule has 88 valence electrons. The second-order valence-corrected chi connectivity index (χ2v) is 3.92. The van der Waals surface area contributed by atoms with E-state index in [1.54, 1.807) is 41.9 Å². The number of carboxylic acid groups (broad SMARTS) is 1. The standard InChI is InChI=1S/C13H13NO3/c1-14-10(5-6-12(14)13(16)17)7-9-3-2-4-11(15)8-9/h2-6,8,15H,7H2,1H3,(H,16,17). The number of aromatic carboxylic acids is 1. The van der Waals surface area contributed by atoms with Crippen molar-refractivity contribution in [2.45, 2.75) is 6.42 Å². The molecule has 4 heteroatoms. The van der Waals surface area contributed by atoms with E-state index in [1.165, 1.54) is 0 Å². The van der Waals surface area contributed by atoms with Crippen LogP contribution >= 0.6 is 0 Å². The van der Waals surface area contributed by atoms with Crippen LogP contribution in [0.3, 0.4) is 0 Å². The third kappa shape index (κ3) is 2.30. The van der Waals surface area contributed by atoms with Gasteiger partial charge in [0.1, 0.15) is 11.4 Å². The molecule has 0 bridgehead atoms. The van der Waals surface area contributed by atoms with E-state index in [0.717, 1.165) is 11.3 Å². The van der Waals surface area contributed by atoms with Gasteiger partial charge in [0.05, 0.1) is 0 Å². The molecule has 2 aromatic rings. The van der Waals surface area contributed by atoms with Crippen LogP contribution in [0.15, 0.2) is 36.4 Å². The Morgan fingerprint density at radius 3 is 2.65 bits per heavy atom. The molecular formula is C13H13NO3. The van der Waals surface area contributed by atoms with Crippen molar-refractivity contribution in [2.24, 2.45) is 7.05 Å². The van der Waals surface area contributed by atoms with Gasteiger partial charge in [0.15, 0.2) is 0 Å². The Morgan fingerprint density at radius 2 is 2.06 bits per heavy atom. The predicted molar refractivity (Wildman–Crippen MR) is 63.3 cm³/mol. The van der Waals surface area contributed by atoms with Crippen molar-refractivity contribution in [3.05, 3.63) is 53.3 Å². The molecule has 0 radical (unpaired) electrons. The molecule has 1 aromatic carbocycles. The van der Waals surface area contributed by atoms with Gasteiger partial charge in [0, 0.05) is 19.2 Å². The third-order valence-electron chi connectivity index (χ3n) is 2.74. The number of phenols is 1. The van der Waals surface area contributed by atoms with Crippen molar-refractivity contribution in [1.82, 2.24) is 4.57 Å². The Kier molecular flexibility index (Phi) is 2.87. The minimum Gasteiger partial charge on any atom is -0.508 e. The molecule has 0 aliphatic carbocycles. The van der Waals surface area contributed by atoms with Crippen molar-refractivity contribution in [3.63, 3.8) is 0 Å². The van der Waals surface area contributed by atoms with E-state index >= 15 is 0 Å². The second kappa shape index (κ2) is 4.33. The van der Waals surface area contributed by atoms with Crippen LogP contribution in [0.4, 0.5) is 0 Å². The van der Waals surface area contributed by atoms with Crippen molar-refractivity contribution in [3.8, 4) is 5.75 Å². The molecule has 4 nitrogen and oxygen atoms in total. The zero-order valence-corrected chi connectivity index (χ0v) is 9.42. The lowest BCUT2D eigenvalue weighted by atomic mass is 10.1. The molecule has 2 rings (SSSR count). The summed E-state index contributed by atoms with van der Waals surface area (Å²) in [6.07, 6.45) is 0.595. The molecule has 0 atom stereocenters. The van der Waals surface area contributed by atoms with E-state index in [9.17, 15) is 9.90 Å². The highest BCUT2D eigenvalue weighted by Gasteiger charge is 2.11. The maximum atomic E-state index is 10.9. The van der Waals surface area contributed by atoms with Crippen LogP contribution in [0.25, 0.3) is 0 Å². The average molecular weight is 231 g/mol. The molecule has 0 unspecified atom stereocenters. The maximum absolute atomic E-state index is 10.9. The number of nitrogens with zero attached hydrogens (tertiary/aromatic N) is 1. The summed E-state index contributed by atoms with van der Waals surface area (Å²) in [6.45, 7) is 0. The maximum Gasteiger partial charge on any atom is 0.352 e. The number of phenolic OH excluding ortho intramolecular Hbond substituents is 1. The van der Waals surface area contributed by atoms with E-state index in [4.69, 9.17) is 5.11 Å². The first-order valence-corrected chi connectivity index (χ1v) is 5.23. The molecule has 2 N–H and O–H groups in total. The SMILES string of the molecule is Cn1c(Cc2cccc(O)c2)ccc1C(=O)O. The molecule has 1 heterocycles. The first-order valence-electron chi connectivity index (χ1n) is 5.23. The molecule has 0 saturated heterocycles. The highest BCUT2D eigenvalue weighted by molar-refractivity contribution is 5.86. The summed E-state index contributed by atoms with van der Waals surface area (Å²) in [5.41, 5.74) is 2.11. The van der Waals surface area contributed by atoms with Crippen LogP contribution in [-0.4, -0.2) is 20.7 Å². The van der Waals surface area contributed by atoms with Gasteiger partial charge in [-0.15, -0.1) is 0 Å². The third-order valence-corrected chi connectivity index (χ3v) is 2.74. The monoisotopic (exact) mass is 231 g/mol. The fourth-order valence-corrected chi connectivity index (χ4v) is 1.82. The fraction of sp³-hybridized carbons (Fsp3) is 0.154. The van der Waals surface area contributed by atoms with E-state index in [1.807, 2.05) is 6.07 Å². The molecule has 0 amide bonds. The largest absolute Gasteiger partial charge is 0.508 e. The molecule has 0 aliphatic rings. The first-order chi connectivity index (χ1) is 8.08. The highest BCUT2D eigenvalue weighted by atomic mass is 16.4. The summed E-state index contributed by atoms with van der Waals surface area (Å²) in [5.74, 6) is -0.718. The van der Waals surface area contributed by atoms with Crippen LogP contribution in [0.1, 0.15) is 21.7 Å². The molecular weight excluding hydrogens is 218 g/mol. The second-order valence-electron chi connectivity index (χ2n) is 3.92. The summed E-state index contributed by atoms with van der Waals surface area (Å²) < 4.78 is 1.65. The van der Waals surface area contributed by atoms with Gasteiger partial charge in [0.25, 0.3) is 0 Å². The van der Waals surface area contributed by atoms with Gasteiger partial charge in [-0.3, -0.25) is 0 Å². The van der Waals surface area contributed by atoms with Crippen LogP contribution in [0.5, 0.6) is 5.75 Å². The van der Waals surface area contributed by atoms with Gasteiger partial charge < -0.3 is 14.8 Å². The highest BCUT2D eigenvalue weighted by Crippen LogP contribution is 2.16. The minimum atomic E-state index is -0.936. The van der Waals surface area contributed by atoms with E-state index in [-0.39, 0.29) is 11.4 Å². The number of hydrogen-bond donors (Lipinski definition) is 2. The average Bonchev–Trinajstić information content (AvgIpc) is 2.61. The summed E-state index contributed by atoms with van der Waals surface area (Å²) >= 11 is 0. The van der Waals surface area contributed by atoms with Gasteiger partial charge in [-0.1, -0.05) is 12.1 Å². The Morgan fingerprint density at radius 1 is 1.29 bits per heavy atom. The van der Waals surface area contributed by atoms with Crippen molar-refractivity contribution in [1.29, 1.82) is 0 Å². The Balaban J connectivity index is 2.28. The Labute approximate surface area is 98.8 Å². The van der Waals surface area contributed by atoms with Crippen LogP contribution < -0.4 is 0 Å². The van der Waals surface area contributed by atoms with Crippen LogP contribution in [0.2, 0.25) is 0 Å². The normalized spacial score (nSPS) is 10.4. The molecule has 1 aromatic heterocycles. The van der Waals surface area contributed by atoms with Gasteiger partial charge in [-0.25, -0.2) is 4.79 Å². The fourth-order valence-electron chi connectivity index (χ4n) is 1.82. The number of carboxylic acids is 1. The van der Waals surface area contributed by atoms with Crippen molar-refractivity contribution < 1.29 is 15.0 Å². The van der Waals surface area contributed by atoms with E-state index in [2.05, 4.69) is 0 Å². The lowest BCUT2D eigenvalue weighted by Gasteiger charge is -2.05. The minimum absolute atomic E-state index is 0.218. The summed E-state index contributed by atoms with van der Waals surface area (Å²) in [6, 6.07) is 10.3. The van der Waals surface area contributed by atoms with Gasteiger partial charge in [-0.05, 0) is 29.8 Å². The molecule has 0 fully saturated rings. The molecule has 0 spiro atoms. The Bertz CT molecular complexity index is 558. The number of carbonyl (C=O) groups is 1. The van der Waals surface area contributed by atoms with E-state index < -0.39 is 5.97 Å². The van der Waals surface area contributed by atoms with Gasteiger partial charge >= 0.3 is 5.97 Å². The number of aromatic nitrogens is 1. The summed E-state index contributed by atoms with van der Waals surface area (Å²) in [4.78, 5) is 10.9. The quantitative estimate of drug-likeness (QED) is 0.849. The smallest absolute Gasteiger partial charge is 0.352 e. The lowest BCUT2D eigenvalue weighted by molar-refractivity contribution is 0.0686. The molecule has 0 saturated carbocycles. The van der Waals surface area contributed by atoms with Gasteiger partial charge in [0.2, 0.25) is 0 Å². The Hall–Kier alpha value is -2.23. The first kappa shape index (κ1) is 11.3. The van der Waals surface area contributed by atoms with Crippen LogP contribution in [0, 0.1) is 0 Å². The topological polar surface area (TPSA) is 62.5 Å². The van der Waals surface area contributed by atoms with Crippen molar-refractivity contribution >= 4 is 5.97 Å². The number of hydrogen-bond acceptors (Lipinski definition) is 2. The lowest BCUT2D eigenvalue weighted by Crippen LogP contribution is -2.07. The van der Waals surface area contributed by atoms with Crippen molar-refractivity contribution in [2.75, 3.05) is 0 Å². The zero-order valence-electron chi connectivity index (χ0n) is 9.42. The van der Waals surface area contributed by atoms with Crippen LogP contribution in [-0.2, 0) is 13.5 Å². The number of aromatic hydroxyl groups is 1.